The molecule has 0 radical (unpaired) electrons. The number of alkyl halides is 7. The number of ether oxygens (including phenoxy) is 1. The molecule has 0 spiro atoms. The summed E-state index contributed by atoms with van der Waals surface area (Å²) in [6.45, 7) is 0. The van der Waals surface area contributed by atoms with Gasteiger partial charge < -0.3 is 9.26 Å². The van der Waals surface area contributed by atoms with Gasteiger partial charge in [0.1, 0.15) is 17.4 Å². The van der Waals surface area contributed by atoms with Crippen LogP contribution in [-0.4, -0.2) is 10.1 Å². The van der Waals surface area contributed by atoms with E-state index in [1.165, 1.54) is 12.1 Å². The second-order valence-corrected chi connectivity index (χ2v) is 5.72. The van der Waals surface area contributed by atoms with E-state index in [2.05, 4.69) is 10.1 Å². The van der Waals surface area contributed by atoms with E-state index >= 15 is 0 Å². The Bertz CT molecular complexity index is 984. The maximum Gasteiger partial charge on any atom is 0.420 e. The smallest absolute Gasteiger partial charge is 0.420 e. The molecule has 0 aliphatic heterocycles. The summed E-state index contributed by atoms with van der Waals surface area (Å²) >= 11 is 5.51. The first-order valence-corrected chi connectivity index (χ1v) is 8.07. The third kappa shape index (κ3) is 4.22. The first kappa shape index (κ1) is 20.0. The number of hydrogen-bond donors (Lipinski definition) is 0. The summed E-state index contributed by atoms with van der Waals surface area (Å²) in [5.41, 5.74) is -2.56. The Labute approximate surface area is 158 Å². The lowest BCUT2D eigenvalue weighted by Crippen LogP contribution is -2.10. The van der Waals surface area contributed by atoms with E-state index in [0.717, 1.165) is 18.2 Å². The number of hydrogen-bond acceptors (Lipinski definition) is 4. The van der Waals surface area contributed by atoms with E-state index in [1.54, 1.807) is 0 Å². The Balaban J connectivity index is 2.05. The van der Waals surface area contributed by atoms with Crippen molar-refractivity contribution in [2.75, 3.05) is 0 Å². The van der Waals surface area contributed by atoms with Crippen LogP contribution in [-0.2, 0) is 18.2 Å². The van der Waals surface area contributed by atoms with Crippen LogP contribution >= 0.6 is 11.6 Å². The summed E-state index contributed by atoms with van der Waals surface area (Å²) in [5, 5.41) is 3.51. The monoisotopic (exact) mass is 422 g/mol. The molecule has 0 atom stereocenters. The molecule has 0 saturated heterocycles. The number of nitrogens with zero attached hydrogens (tertiary/aromatic N) is 2. The molecule has 148 valence electrons. The van der Waals surface area contributed by atoms with Gasteiger partial charge in [-0.1, -0.05) is 17.3 Å². The number of aromatic nitrogens is 2. The molecule has 0 aliphatic rings. The largest absolute Gasteiger partial charge is 0.456 e. The molecule has 2 aromatic carbocycles. The summed E-state index contributed by atoms with van der Waals surface area (Å²) in [7, 11) is 0. The molecule has 0 fully saturated rings. The zero-order valence-electron chi connectivity index (χ0n) is 13.6. The molecule has 28 heavy (non-hydrogen) atoms. The van der Waals surface area contributed by atoms with Gasteiger partial charge in [0.2, 0.25) is 11.7 Å². The van der Waals surface area contributed by atoms with Gasteiger partial charge in [-0.3, -0.25) is 0 Å². The normalized spacial score (nSPS) is 12.2. The lowest BCUT2D eigenvalue weighted by Gasteiger charge is -2.17. The quantitative estimate of drug-likeness (QED) is 0.365. The summed E-state index contributed by atoms with van der Waals surface area (Å²) in [5.74, 6) is -1.83. The van der Waals surface area contributed by atoms with Crippen LogP contribution in [0, 0.1) is 0 Å². The van der Waals surface area contributed by atoms with Crippen molar-refractivity contribution in [3.8, 4) is 22.9 Å². The Hall–Kier alpha value is -2.75. The molecule has 1 aromatic heterocycles. The van der Waals surface area contributed by atoms with Gasteiger partial charge in [0.25, 0.3) is 0 Å². The molecule has 1 heterocycles. The molecule has 0 unspecified atom stereocenters. The minimum atomic E-state index is -4.91. The van der Waals surface area contributed by atoms with E-state index in [9.17, 15) is 26.3 Å². The van der Waals surface area contributed by atoms with Crippen molar-refractivity contribution in [3.05, 3.63) is 59.5 Å². The zero-order valence-corrected chi connectivity index (χ0v) is 14.4. The van der Waals surface area contributed by atoms with Crippen molar-refractivity contribution in [3.63, 3.8) is 0 Å². The molecule has 0 saturated carbocycles. The van der Waals surface area contributed by atoms with Crippen molar-refractivity contribution >= 4 is 11.6 Å². The molecule has 3 aromatic rings. The maximum absolute atomic E-state index is 13.5. The Kier molecular flexibility index (Phi) is 5.24. The average Bonchev–Trinajstić information content (AvgIpc) is 3.10. The average molecular weight is 423 g/mol. The van der Waals surface area contributed by atoms with Crippen LogP contribution in [0.4, 0.5) is 26.3 Å². The summed E-state index contributed by atoms with van der Waals surface area (Å²) < 4.78 is 89.3. The number of rotatable bonds is 4. The van der Waals surface area contributed by atoms with Gasteiger partial charge in [-0.25, -0.2) is 0 Å². The van der Waals surface area contributed by atoms with E-state index in [0.29, 0.717) is 12.1 Å². The zero-order chi connectivity index (χ0) is 20.5. The van der Waals surface area contributed by atoms with Crippen LogP contribution in [0.3, 0.4) is 0 Å². The molecular formula is C17H9ClF6N2O2. The van der Waals surface area contributed by atoms with Crippen molar-refractivity contribution in [2.45, 2.75) is 18.2 Å². The predicted octanol–water partition coefficient (Wildman–Crippen LogP) is 6.31. The van der Waals surface area contributed by atoms with Crippen molar-refractivity contribution < 1.29 is 35.6 Å². The van der Waals surface area contributed by atoms with Crippen LogP contribution in [0.2, 0.25) is 0 Å². The molecule has 3 rings (SSSR count). The first-order chi connectivity index (χ1) is 13.1. The SMILES string of the molecule is FC(F)(F)c1ccccc1Oc1ccc(-c2noc(CCl)n2)cc1C(F)(F)F. The predicted molar refractivity (Wildman–Crippen MR) is 85.8 cm³/mol. The van der Waals surface area contributed by atoms with Gasteiger partial charge in [0.05, 0.1) is 11.1 Å². The van der Waals surface area contributed by atoms with Gasteiger partial charge in [-0.05, 0) is 30.3 Å². The number of para-hydroxylation sites is 1. The fraction of sp³-hybridized carbons (Fsp3) is 0.176. The molecule has 11 heteroatoms. The van der Waals surface area contributed by atoms with Gasteiger partial charge in [0, 0.05) is 5.56 Å². The molecule has 4 nitrogen and oxygen atoms in total. The number of halogens is 7. The highest BCUT2D eigenvalue weighted by molar-refractivity contribution is 6.16. The highest BCUT2D eigenvalue weighted by Gasteiger charge is 2.37. The second-order valence-electron chi connectivity index (χ2n) is 5.45. The van der Waals surface area contributed by atoms with Gasteiger partial charge in [-0.2, -0.15) is 31.3 Å². The Morgan fingerprint density at radius 2 is 1.54 bits per heavy atom. The van der Waals surface area contributed by atoms with E-state index in [4.69, 9.17) is 20.9 Å². The van der Waals surface area contributed by atoms with Gasteiger partial charge >= 0.3 is 12.4 Å². The standard InChI is InChI=1S/C17H9ClF6N2O2/c18-8-14-25-15(26-28-14)9-5-6-13(11(7-9)17(22,23)24)27-12-4-2-1-3-10(12)16(19,20)21/h1-7H,8H2. The highest BCUT2D eigenvalue weighted by Crippen LogP contribution is 2.43. The topological polar surface area (TPSA) is 48.2 Å². The van der Waals surface area contributed by atoms with E-state index in [-0.39, 0.29) is 23.2 Å². The minimum absolute atomic E-state index is 0.00431. The van der Waals surface area contributed by atoms with Crippen LogP contribution in [0.1, 0.15) is 17.0 Å². The third-order valence-electron chi connectivity index (χ3n) is 3.54. The third-order valence-corrected chi connectivity index (χ3v) is 3.77. The summed E-state index contributed by atoms with van der Waals surface area (Å²) in [4.78, 5) is 3.82. The van der Waals surface area contributed by atoms with Crippen LogP contribution in [0.15, 0.2) is 47.0 Å². The highest BCUT2D eigenvalue weighted by atomic mass is 35.5. The molecular weight excluding hydrogens is 414 g/mol. The number of benzene rings is 2. The fourth-order valence-electron chi connectivity index (χ4n) is 2.31. The van der Waals surface area contributed by atoms with Gasteiger partial charge in [-0.15, -0.1) is 11.6 Å². The van der Waals surface area contributed by atoms with Crippen LogP contribution in [0.5, 0.6) is 11.5 Å². The molecule has 0 aliphatic carbocycles. The Morgan fingerprint density at radius 3 is 2.14 bits per heavy atom. The van der Waals surface area contributed by atoms with E-state index < -0.39 is 35.0 Å². The summed E-state index contributed by atoms with van der Waals surface area (Å²) in [6.07, 6.45) is -9.70. The van der Waals surface area contributed by atoms with Gasteiger partial charge in [0.15, 0.2) is 0 Å². The lowest BCUT2D eigenvalue weighted by atomic mass is 10.1. The minimum Gasteiger partial charge on any atom is -0.456 e. The van der Waals surface area contributed by atoms with E-state index in [1.807, 2.05) is 0 Å². The molecule has 0 N–H and O–H groups in total. The fourth-order valence-corrected chi connectivity index (χ4v) is 2.42. The van der Waals surface area contributed by atoms with Crippen LogP contribution < -0.4 is 4.74 Å². The van der Waals surface area contributed by atoms with Crippen molar-refractivity contribution in [2.24, 2.45) is 0 Å². The Morgan fingerprint density at radius 1 is 0.893 bits per heavy atom. The molecule has 0 amide bonds. The first-order valence-electron chi connectivity index (χ1n) is 7.54. The van der Waals surface area contributed by atoms with Crippen molar-refractivity contribution in [1.82, 2.24) is 10.1 Å². The summed E-state index contributed by atoms with van der Waals surface area (Å²) in [6, 6.07) is 6.69. The lowest BCUT2D eigenvalue weighted by molar-refractivity contribution is -0.139. The molecule has 0 bridgehead atoms. The maximum atomic E-state index is 13.5. The second kappa shape index (κ2) is 7.34. The van der Waals surface area contributed by atoms with Crippen LogP contribution in [0.25, 0.3) is 11.4 Å². The van der Waals surface area contributed by atoms with Crippen molar-refractivity contribution in [1.29, 1.82) is 0 Å².